The summed E-state index contributed by atoms with van der Waals surface area (Å²) in [5, 5.41) is 12.8. The summed E-state index contributed by atoms with van der Waals surface area (Å²) in [4.78, 5) is 12.5. The second kappa shape index (κ2) is 11.4. The molecule has 0 spiro atoms. The van der Waals surface area contributed by atoms with Crippen molar-refractivity contribution in [3.8, 4) is 5.75 Å². The number of aromatic nitrogens is 3. The summed E-state index contributed by atoms with van der Waals surface area (Å²) in [6.45, 7) is 12.9. The van der Waals surface area contributed by atoms with Crippen molar-refractivity contribution in [3.63, 3.8) is 0 Å². The van der Waals surface area contributed by atoms with Crippen molar-refractivity contribution < 1.29 is 9.53 Å². The number of nitrogens with one attached hydrogen (secondary N) is 1. The Kier molecular flexibility index (Phi) is 8.58. The minimum Gasteiger partial charge on any atom is -0.485 e. The van der Waals surface area contributed by atoms with Gasteiger partial charge in [-0.3, -0.25) is 9.36 Å². The molecule has 0 saturated carbocycles. The normalized spacial score (nSPS) is 11.0. The highest BCUT2D eigenvalue weighted by atomic mass is 35.5. The fourth-order valence-corrected chi connectivity index (χ4v) is 4.31. The van der Waals surface area contributed by atoms with E-state index < -0.39 is 0 Å². The summed E-state index contributed by atoms with van der Waals surface area (Å²) in [5.74, 6) is 1.96. The number of aryl methyl sites for hydroxylation is 2. The van der Waals surface area contributed by atoms with Gasteiger partial charge in [0.2, 0.25) is 5.91 Å². The monoisotopic (exact) mass is 484 g/mol. The minimum absolute atomic E-state index is 0.127. The molecule has 0 radical (unpaired) electrons. The third-order valence-electron chi connectivity index (χ3n) is 5.05. The topological polar surface area (TPSA) is 69.0 Å². The summed E-state index contributed by atoms with van der Waals surface area (Å²) in [5.41, 5.74) is 3.94. The maximum atomic E-state index is 12.5. The third-order valence-corrected chi connectivity index (χ3v) is 6.25. The molecule has 2 aromatic carbocycles. The van der Waals surface area contributed by atoms with E-state index in [4.69, 9.17) is 16.3 Å². The van der Waals surface area contributed by atoms with Crippen LogP contribution in [-0.4, -0.2) is 26.4 Å². The molecule has 33 heavy (non-hydrogen) atoms. The van der Waals surface area contributed by atoms with Gasteiger partial charge in [-0.15, -0.1) is 16.8 Å². The molecular formula is C25H29ClN4O2S. The Bertz CT molecular complexity index is 1140. The van der Waals surface area contributed by atoms with Crippen molar-refractivity contribution in [2.45, 2.75) is 51.9 Å². The number of nitrogens with zero attached hydrogens (tertiary/aromatic N) is 3. The third kappa shape index (κ3) is 6.62. The highest BCUT2D eigenvalue weighted by Gasteiger charge is 2.16. The van der Waals surface area contributed by atoms with Crippen LogP contribution in [0, 0.1) is 13.8 Å². The number of allylic oxidation sites excluding steroid dienone is 1. The van der Waals surface area contributed by atoms with Crippen LogP contribution in [0.5, 0.6) is 5.75 Å². The number of amides is 1. The Morgan fingerprint density at radius 3 is 2.73 bits per heavy atom. The Balaban J connectivity index is 1.67. The van der Waals surface area contributed by atoms with Gasteiger partial charge in [-0.2, -0.15) is 0 Å². The Morgan fingerprint density at radius 1 is 1.24 bits per heavy atom. The van der Waals surface area contributed by atoms with Crippen LogP contribution >= 0.6 is 23.4 Å². The van der Waals surface area contributed by atoms with Gasteiger partial charge in [-0.1, -0.05) is 55.4 Å². The highest BCUT2D eigenvalue weighted by Crippen LogP contribution is 2.28. The summed E-state index contributed by atoms with van der Waals surface area (Å²) in [7, 11) is 0. The lowest BCUT2D eigenvalue weighted by atomic mass is 10.0. The van der Waals surface area contributed by atoms with Crippen LogP contribution in [0.4, 0.5) is 5.69 Å². The number of halogens is 1. The summed E-state index contributed by atoms with van der Waals surface area (Å²) >= 11 is 7.31. The molecule has 3 rings (SSSR count). The number of hydrogen-bond donors (Lipinski definition) is 1. The zero-order valence-corrected chi connectivity index (χ0v) is 21.0. The number of thioether (sulfide) groups is 1. The molecule has 6 nitrogen and oxygen atoms in total. The first kappa shape index (κ1) is 24.9. The molecule has 0 fully saturated rings. The molecule has 0 aliphatic carbocycles. The largest absolute Gasteiger partial charge is 0.485 e. The fourth-order valence-electron chi connectivity index (χ4n) is 3.31. The molecule has 1 N–H and O–H groups in total. The van der Waals surface area contributed by atoms with Crippen LogP contribution in [0.2, 0.25) is 5.02 Å². The first-order valence-electron chi connectivity index (χ1n) is 10.7. The number of hydrogen-bond acceptors (Lipinski definition) is 5. The molecule has 0 unspecified atom stereocenters. The summed E-state index contributed by atoms with van der Waals surface area (Å²) in [6.07, 6.45) is 1.78. The zero-order chi connectivity index (χ0) is 24.0. The molecule has 1 amide bonds. The van der Waals surface area contributed by atoms with E-state index >= 15 is 0 Å². The molecule has 1 aromatic heterocycles. The quantitative estimate of drug-likeness (QED) is 0.275. The van der Waals surface area contributed by atoms with E-state index in [1.807, 2.05) is 30.5 Å². The molecule has 0 bridgehead atoms. The Morgan fingerprint density at radius 2 is 2.03 bits per heavy atom. The second-order valence-electron chi connectivity index (χ2n) is 8.08. The van der Waals surface area contributed by atoms with Gasteiger partial charge in [0.25, 0.3) is 0 Å². The van der Waals surface area contributed by atoms with E-state index in [0.717, 1.165) is 28.1 Å². The van der Waals surface area contributed by atoms with Crippen LogP contribution in [0.1, 0.15) is 42.3 Å². The SMILES string of the molecule is C=CCn1c(COc2cc(C)ccc2C(C)C)nnc1SCC(=O)Nc1ccc(Cl)cc1C. The molecule has 174 valence electrons. The van der Waals surface area contributed by atoms with Crippen molar-refractivity contribution in [2.75, 3.05) is 11.1 Å². The number of anilines is 1. The van der Waals surface area contributed by atoms with Gasteiger partial charge in [0, 0.05) is 17.3 Å². The van der Waals surface area contributed by atoms with Crippen LogP contribution in [0.25, 0.3) is 0 Å². The molecule has 0 aliphatic rings. The van der Waals surface area contributed by atoms with Crippen molar-refractivity contribution >= 4 is 35.0 Å². The number of rotatable bonds is 10. The average molecular weight is 485 g/mol. The van der Waals surface area contributed by atoms with Crippen molar-refractivity contribution in [2.24, 2.45) is 0 Å². The maximum Gasteiger partial charge on any atom is 0.234 e. The predicted octanol–water partition coefficient (Wildman–Crippen LogP) is 6.17. The molecule has 0 saturated heterocycles. The molecule has 3 aromatic rings. The van der Waals surface area contributed by atoms with Crippen LogP contribution < -0.4 is 10.1 Å². The Labute approximate surface area is 204 Å². The van der Waals surface area contributed by atoms with Gasteiger partial charge < -0.3 is 10.1 Å². The molecule has 0 atom stereocenters. The van der Waals surface area contributed by atoms with Gasteiger partial charge in [-0.25, -0.2) is 0 Å². The van der Waals surface area contributed by atoms with E-state index in [9.17, 15) is 4.79 Å². The van der Waals surface area contributed by atoms with E-state index in [0.29, 0.717) is 28.5 Å². The second-order valence-corrected chi connectivity index (χ2v) is 9.46. The van der Waals surface area contributed by atoms with E-state index in [-0.39, 0.29) is 18.3 Å². The van der Waals surface area contributed by atoms with Crippen LogP contribution in [0.3, 0.4) is 0 Å². The summed E-state index contributed by atoms with van der Waals surface area (Å²) < 4.78 is 8.06. The lowest BCUT2D eigenvalue weighted by Gasteiger charge is -2.15. The van der Waals surface area contributed by atoms with E-state index in [1.165, 1.54) is 11.8 Å². The molecule has 0 aliphatic heterocycles. The van der Waals surface area contributed by atoms with Crippen molar-refractivity contribution in [3.05, 3.63) is 76.6 Å². The lowest BCUT2D eigenvalue weighted by Crippen LogP contribution is -2.15. The van der Waals surface area contributed by atoms with E-state index in [1.54, 1.807) is 18.2 Å². The van der Waals surface area contributed by atoms with Gasteiger partial charge in [0.15, 0.2) is 11.0 Å². The predicted molar refractivity (Wildman–Crippen MR) is 135 cm³/mol. The van der Waals surface area contributed by atoms with Crippen molar-refractivity contribution in [1.29, 1.82) is 0 Å². The number of carbonyl (C=O) groups excluding carboxylic acids is 1. The van der Waals surface area contributed by atoms with Gasteiger partial charge in [0.05, 0.1) is 5.75 Å². The fraction of sp³-hybridized carbons (Fsp3) is 0.320. The lowest BCUT2D eigenvalue weighted by molar-refractivity contribution is -0.113. The molecular weight excluding hydrogens is 456 g/mol. The van der Waals surface area contributed by atoms with Crippen molar-refractivity contribution in [1.82, 2.24) is 14.8 Å². The van der Waals surface area contributed by atoms with Crippen LogP contribution in [0.15, 0.2) is 54.2 Å². The first-order valence-corrected chi connectivity index (χ1v) is 12.1. The first-order chi connectivity index (χ1) is 15.8. The van der Waals surface area contributed by atoms with Crippen LogP contribution in [-0.2, 0) is 17.9 Å². The number of benzene rings is 2. The maximum absolute atomic E-state index is 12.5. The number of ether oxygens (including phenoxy) is 1. The standard InChI is InChI=1S/C25H29ClN4O2S/c1-6-11-30-23(14-32-22-12-17(4)7-9-20(22)16(2)3)28-29-25(30)33-15-24(31)27-21-10-8-19(26)13-18(21)5/h6-10,12-13,16H,1,11,14-15H2,2-5H3,(H,27,31). The van der Waals surface area contributed by atoms with Gasteiger partial charge in [-0.05, 0) is 60.7 Å². The molecule has 8 heteroatoms. The van der Waals surface area contributed by atoms with E-state index in [2.05, 4.69) is 48.1 Å². The Hall–Kier alpha value is -2.77. The highest BCUT2D eigenvalue weighted by molar-refractivity contribution is 7.99. The zero-order valence-electron chi connectivity index (χ0n) is 19.4. The number of carbonyl (C=O) groups is 1. The summed E-state index contributed by atoms with van der Waals surface area (Å²) in [6, 6.07) is 11.6. The van der Waals surface area contributed by atoms with Gasteiger partial charge in [0.1, 0.15) is 12.4 Å². The molecule has 1 heterocycles. The average Bonchev–Trinajstić information content (AvgIpc) is 3.14. The van der Waals surface area contributed by atoms with Gasteiger partial charge >= 0.3 is 0 Å². The smallest absolute Gasteiger partial charge is 0.234 e. The minimum atomic E-state index is -0.127.